The normalized spacial score (nSPS) is 10.8. The summed E-state index contributed by atoms with van der Waals surface area (Å²) < 4.78 is 18.1. The van der Waals surface area contributed by atoms with Crippen molar-refractivity contribution in [1.29, 1.82) is 0 Å². The van der Waals surface area contributed by atoms with E-state index < -0.39 is 0 Å². The highest BCUT2D eigenvalue weighted by Gasteiger charge is 2.21. The fourth-order valence-electron chi connectivity index (χ4n) is 4.14. The van der Waals surface area contributed by atoms with E-state index in [1.54, 1.807) is 18.6 Å². The van der Waals surface area contributed by atoms with Crippen LogP contribution in [0.2, 0.25) is 0 Å². The maximum atomic E-state index is 6.08. The van der Waals surface area contributed by atoms with Gasteiger partial charge in [0.25, 0.3) is 0 Å². The summed E-state index contributed by atoms with van der Waals surface area (Å²) in [7, 11) is 0. The van der Waals surface area contributed by atoms with E-state index in [-0.39, 0.29) is 0 Å². The van der Waals surface area contributed by atoms with E-state index >= 15 is 0 Å². The third-order valence-corrected chi connectivity index (χ3v) is 6.15. The Hall–Kier alpha value is -4.92. The Morgan fingerprint density at radius 3 is 1.31 bits per heavy atom. The molecule has 0 amide bonds. The topological polar surface area (TPSA) is 105 Å². The number of hydrogen-bond acceptors (Lipinski definition) is 9. The molecule has 5 aromatic rings. The van der Waals surface area contributed by atoms with Crippen LogP contribution in [0.4, 0.5) is 0 Å². The summed E-state index contributed by atoms with van der Waals surface area (Å²) in [6.45, 7) is 7.59. The smallest absolute Gasteiger partial charge is 0.242 e. The van der Waals surface area contributed by atoms with Gasteiger partial charge in [-0.25, -0.2) is 29.9 Å². The van der Waals surface area contributed by atoms with Crippen molar-refractivity contribution in [3.8, 4) is 62.9 Å². The Bertz CT molecular complexity index is 1600. The first-order valence-electron chi connectivity index (χ1n) is 14.3. The Morgan fingerprint density at radius 1 is 0.452 bits per heavy atom. The summed E-state index contributed by atoms with van der Waals surface area (Å²) >= 11 is 0. The zero-order chi connectivity index (χ0) is 29.1. The molecule has 5 rings (SSSR count). The van der Waals surface area contributed by atoms with Crippen LogP contribution in [0.3, 0.4) is 0 Å². The van der Waals surface area contributed by atoms with Gasteiger partial charge >= 0.3 is 0 Å². The summed E-state index contributed by atoms with van der Waals surface area (Å²) in [6, 6.07) is 19.7. The Balaban J connectivity index is 1.56. The van der Waals surface area contributed by atoms with Gasteiger partial charge in [0.05, 0.1) is 44.1 Å². The van der Waals surface area contributed by atoms with Crippen LogP contribution >= 0.6 is 0 Å². The van der Waals surface area contributed by atoms with Crippen molar-refractivity contribution < 1.29 is 14.2 Å². The van der Waals surface area contributed by atoms with Crippen LogP contribution in [-0.2, 0) is 0 Å². The molecule has 0 radical (unpaired) electrons. The highest BCUT2D eigenvalue weighted by Crippen LogP contribution is 2.34. The lowest BCUT2D eigenvalue weighted by Gasteiger charge is -2.14. The first-order valence-corrected chi connectivity index (χ1v) is 14.3. The number of rotatable bonds is 13. The van der Waals surface area contributed by atoms with Crippen molar-refractivity contribution in [3.63, 3.8) is 0 Å². The minimum Gasteiger partial charge on any atom is -0.476 e. The standard InChI is InChI=1S/C33H34N6O3/c1-4-17-40-31-28(24-15-11-8-12-16-24)34-21-26(38-31)30-33(42-19-6-3)39-27(22-36-30)29-32(41-18-5-2)37-25(20-35-29)23-13-9-7-10-14-23/h7-16,20-22H,4-6,17-19H2,1-3H3. The van der Waals surface area contributed by atoms with Crippen LogP contribution in [0.25, 0.3) is 45.3 Å². The zero-order valence-electron chi connectivity index (χ0n) is 24.2. The average Bonchev–Trinajstić information content (AvgIpc) is 3.06. The van der Waals surface area contributed by atoms with Crippen LogP contribution in [0.1, 0.15) is 40.0 Å². The second kappa shape index (κ2) is 14.1. The molecule has 0 fully saturated rings. The van der Waals surface area contributed by atoms with Crippen molar-refractivity contribution in [2.24, 2.45) is 0 Å². The molecule has 3 aromatic heterocycles. The van der Waals surface area contributed by atoms with E-state index in [4.69, 9.17) is 44.1 Å². The maximum Gasteiger partial charge on any atom is 0.242 e. The predicted molar refractivity (Wildman–Crippen MR) is 162 cm³/mol. The van der Waals surface area contributed by atoms with E-state index in [0.717, 1.165) is 30.4 Å². The fourth-order valence-corrected chi connectivity index (χ4v) is 4.14. The number of aromatic nitrogens is 6. The Labute approximate surface area is 246 Å². The lowest BCUT2D eigenvalue weighted by atomic mass is 10.1. The van der Waals surface area contributed by atoms with Gasteiger partial charge in [-0.1, -0.05) is 81.4 Å². The number of hydrogen-bond donors (Lipinski definition) is 0. The molecule has 0 atom stereocenters. The van der Waals surface area contributed by atoms with Crippen LogP contribution < -0.4 is 14.2 Å². The van der Waals surface area contributed by atoms with Gasteiger partial charge in [0.2, 0.25) is 17.6 Å². The summed E-state index contributed by atoms with van der Waals surface area (Å²) in [6.07, 6.45) is 7.49. The van der Waals surface area contributed by atoms with E-state index in [0.29, 0.717) is 71.6 Å². The van der Waals surface area contributed by atoms with Gasteiger partial charge in [0.15, 0.2) is 11.4 Å². The Morgan fingerprint density at radius 2 is 0.833 bits per heavy atom. The highest BCUT2D eigenvalue weighted by molar-refractivity contribution is 5.70. The summed E-state index contributed by atoms with van der Waals surface area (Å²) in [5, 5.41) is 0. The minimum atomic E-state index is 0.327. The van der Waals surface area contributed by atoms with Crippen molar-refractivity contribution in [1.82, 2.24) is 29.9 Å². The lowest BCUT2D eigenvalue weighted by Crippen LogP contribution is -2.07. The van der Waals surface area contributed by atoms with Gasteiger partial charge in [0, 0.05) is 11.1 Å². The second-order valence-electron chi connectivity index (χ2n) is 9.50. The molecule has 0 aliphatic rings. The third kappa shape index (κ3) is 6.68. The molecule has 42 heavy (non-hydrogen) atoms. The molecule has 3 heterocycles. The summed E-state index contributed by atoms with van der Waals surface area (Å²) in [5.74, 6) is 1.15. The molecule has 0 aliphatic heterocycles. The Kier molecular flexibility index (Phi) is 9.61. The lowest BCUT2D eigenvalue weighted by molar-refractivity contribution is 0.302. The van der Waals surface area contributed by atoms with Gasteiger partial charge in [-0.15, -0.1) is 0 Å². The first kappa shape index (κ1) is 28.6. The van der Waals surface area contributed by atoms with Gasteiger partial charge in [0.1, 0.15) is 17.1 Å². The molecular weight excluding hydrogens is 528 g/mol. The van der Waals surface area contributed by atoms with Gasteiger partial charge < -0.3 is 14.2 Å². The first-order chi connectivity index (χ1) is 20.7. The van der Waals surface area contributed by atoms with E-state index in [2.05, 4.69) is 0 Å². The quantitative estimate of drug-likeness (QED) is 0.149. The monoisotopic (exact) mass is 562 g/mol. The SMILES string of the molecule is CCCOc1nc(-c2ncc(-c3ncc(-c4ccccc4)nc3OCCC)nc2OCCC)cnc1-c1ccccc1. The summed E-state index contributed by atoms with van der Waals surface area (Å²) in [5.41, 5.74) is 5.18. The van der Waals surface area contributed by atoms with E-state index in [9.17, 15) is 0 Å². The molecule has 0 N–H and O–H groups in total. The van der Waals surface area contributed by atoms with Gasteiger partial charge in [-0.3, -0.25) is 0 Å². The number of ether oxygens (including phenoxy) is 3. The molecule has 214 valence electrons. The molecule has 0 bridgehead atoms. The van der Waals surface area contributed by atoms with Gasteiger partial charge in [-0.2, -0.15) is 0 Å². The summed E-state index contributed by atoms with van der Waals surface area (Å²) in [4.78, 5) is 28.6. The van der Waals surface area contributed by atoms with Crippen molar-refractivity contribution in [3.05, 3.63) is 79.3 Å². The molecule has 0 aliphatic carbocycles. The van der Waals surface area contributed by atoms with Crippen LogP contribution in [0.15, 0.2) is 79.3 Å². The molecule has 2 aromatic carbocycles. The number of benzene rings is 2. The van der Waals surface area contributed by atoms with Crippen LogP contribution in [0, 0.1) is 0 Å². The van der Waals surface area contributed by atoms with Crippen molar-refractivity contribution in [2.75, 3.05) is 19.8 Å². The maximum absolute atomic E-state index is 6.08. The molecule has 0 unspecified atom stereocenters. The molecule has 9 heteroatoms. The molecule has 0 saturated carbocycles. The van der Waals surface area contributed by atoms with Crippen LogP contribution in [0.5, 0.6) is 17.6 Å². The van der Waals surface area contributed by atoms with E-state index in [1.165, 1.54) is 0 Å². The molecular formula is C33H34N6O3. The second-order valence-corrected chi connectivity index (χ2v) is 9.50. The van der Waals surface area contributed by atoms with Crippen molar-refractivity contribution >= 4 is 0 Å². The molecule has 0 spiro atoms. The van der Waals surface area contributed by atoms with Crippen LogP contribution in [-0.4, -0.2) is 49.7 Å². The largest absolute Gasteiger partial charge is 0.476 e. The predicted octanol–water partition coefficient (Wildman–Crippen LogP) is 7.09. The third-order valence-electron chi connectivity index (χ3n) is 6.15. The highest BCUT2D eigenvalue weighted by atomic mass is 16.5. The fraction of sp³-hybridized carbons (Fsp3) is 0.273. The molecule has 9 nitrogen and oxygen atoms in total. The molecule has 0 saturated heterocycles. The van der Waals surface area contributed by atoms with Crippen molar-refractivity contribution in [2.45, 2.75) is 40.0 Å². The minimum absolute atomic E-state index is 0.327. The van der Waals surface area contributed by atoms with E-state index in [1.807, 2.05) is 81.4 Å². The average molecular weight is 563 g/mol. The van der Waals surface area contributed by atoms with Gasteiger partial charge in [-0.05, 0) is 19.3 Å². The zero-order valence-corrected chi connectivity index (χ0v) is 24.2. The number of nitrogens with zero attached hydrogens (tertiary/aromatic N) is 6.